The molecule has 1 saturated carbocycles. The Bertz CT molecular complexity index is 826. The van der Waals surface area contributed by atoms with E-state index >= 15 is 0 Å². The molecule has 3 N–H and O–H groups in total. The van der Waals surface area contributed by atoms with E-state index in [0.717, 1.165) is 31.9 Å². The average molecular weight is 411 g/mol. The molecular weight excluding hydrogens is 383 g/mol. The van der Waals surface area contributed by atoms with E-state index in [1.165, 1.54) is 22.5 Å². The first-order valence-electron chi connectivity index (χ1n) is 9.98. The van der Waals surface area contributed by atoms with Crippen molar-refractivity contribution >= 4 is 15.9 Å². The fourth-order valence-corrected chi connectivity index (χ4v) is 6.14. The first-order chi connectivity index (χ1) is 13.4. The van der Waals surface area contributed by atoms with E-state index < -0.39 is 15.8 Å². The van der Waals surface area contributed by atoms with E-state index in [4.69, 9.17) is 0 Å². The first kappa shape index (κ1) is 19.8. The van der Waals surface area contributed by atoms with Gasteiger partial charge in [0, 0.05) is 37.6 Å². The Morgan fingerprint density at radius 1 is 1.14 bits per heavy atom. The van der Waals surface area contributed by atoms with Crippen molar-refractivity contribution in [3.8, 4) is 0 Å². The first-order valence-corrected chi connectivity index (χ1v) is 11.4. The lowest BCUT2D eigenvalue weighted by Crippen LogP contribution is -2.48. The zero-order chi connectivity index (χ0) is 19.7. The second kappa shape index (κ2) is 8.06. The van der Waals surface area contributed by atoms with Gasteiger partial charge in [0.15, 0.2) is 0 Å². The number of rotatable bonds is 4. The minimum absolute atomic E-state index is 0.0188. The van der Waals surface area contributed by atoms with Crippen molar-refractivity contribution < 1.29 is 17.6 Å². The average Bonchev–Trinajstić information content (AvgIpc) is 3.16. The number of carbonyl (C=O) groups is 1. The van der Waals surface area contributed by atoms with E-state index in [2.05, 4.69) is 16.2 Å². The molecule has 2 aliphatic heterocycles. The fraction of sp³-hybridized carbons (Fsp3) is 0.632. The van der Waals surface area contributed by atoms with Crippen molar-refractivity contribution in [3.63, 3.8) is 0 Å². The van der Waals surface area contributed by atoms with Gasteiger partial charge in [0.25, 0.3) is 0 Å². The second-order valence-electron chi connectivity index (χ2n) is 8.02. The molecule has 2 saturated heterocycles. The maximum absolute atomic E-state index is 13.9. The van der Waals surface area contributed by atoms with Gasteiger partial charge >= 0.3 is 0 Å². The monoisotopic (exact) mass is 410 g/mol. The topological polar surface area (TPSA) is 90.5 Å². The summed E-state index contributed by atoms with van der Waals surface area (Å²) in [5, 5.41) is 3.17. The summed E-state index contributed by atoms with van der Waals surface area (Å²) in [4.78, 5) is 12.4. The lowest BCUT2D eigenvalue weighted by Gasteiger charge is -2.34. The number of amides is 1. The highest BCUT2D eigenvalue weighted by molar-refractivity contribution is 7.89. The number of sulfonamides is 1. The Balaban J connectivity index is 1.31. The highest BCUT2D eigenvalue weighted by Crippen LogP contribution is 2.28. The number of piperidine rings is 1. The Morgan fingerprint density at radius 2 is 1.89 bits per heavy atom. The normalized spacial score (nSPS) is 29.4. The molecule has 154 valence electrons. The van der Waals surface area contributed by atoms with Crippen LogP contribution in [0.5, 0.6) is 0 Å². The number of carbonyl (C=O) groups excluding carboxylic acids is 1. The summed E-state index contributed by atoms with van der Waals surface area (Å²) in [6, 6.07) is 6.11. The van der Waals surface area contributed by atoms with Gasteiger partial charge in [0.2, 0.25) is 15.9 Å². The summed E-state index contributed by atoms with van der Waals surface area (Å²) in [5.74, 6) is -0.365. The molecule has 3 fully saturated rings. The van der Waals surface area contributed by atoms with Gasteiger partial charge in [-0.1, -0.05) is 12.1 Å². The number of hydrogen-bond acceptors (Lipinski definition) is 5. The van der Waals surface area contributed by atoms with Crippen molar-refractivity contribution in [2.75, 3.05) is 19.6 Å². The van der Waals surface area contributed by atoms with Crippen LogP contribution in [0.3, 0.4) is 0 Å². The number of hydrazine groups is 1. The second-order valence-corrected chi connectivity index (χ2v) is 9.93. The largest absolute Gasteiger partial charge is 0.353 e. The Hall–Kier alpha value is -1.55. The molecule has 1 amide bonds. The highest BCUT2D eigenvalue weighted by Gasteiger charge is 2.37. The van der Waals surface area contributed by atoms with E-state index in [1.54, 1.807) is 0 Å². The molecule has 1 aliphatic carbocycles. The number of halogens is 1. The molecule has 0 aromatic heterocycles. The van der Waals surface area contributed by atoms with E-state index in [-0.39, 0.29) is 35.9 Å². The molecule has 2 heterocycles. The molecule has 3 aliphatic rings. The van der Waals surface area contributed by atoms with E-state index in [1.807, 2.05) is 0 Å². The molecular formula is C19H27FN4O3S. The van der Waals surface area contributed by atoms with Gasteiger partial charge in [-0.05, 0) is 50.2 Å². The summed E-state index contributed by atoms with van der Waals surface area (Å²) in [6.45, 7) is 1.40. The zero-order valence-electron chi connectivity index (χ0n) is 15.7. The van der Waals surface area contributed by atoms with Crippen molar-refractivity contribution in [3.05, 3.63) is 30.1 Å². The lowest BCUT2D eigenvalue weighted by atomic mass is 9.82. The summed E-state index contributed by atoms with van der Waals surface area (Å²) >= 11 is 0. The molecule has 3 unspecified atom stereocenters. The Labute approximate surface area is 165 Å². The Morgan fingerprint density at radius 3 is 2.64 bits per heavy atom. The van der Waals surface area contributed by atoms with Gasteiger partial charge in [-0.3, -0.25) is 15.6 Å². The SMILES string of the molecule is O=C(NC1CCC2NNCC2C1)C1CCN(S(=O)(=O)c2ccccc2F)CC1. The summed E-state index contributed by atoms with van der Waals surface area (Å²) in [7, 11) is -3.87. The number of nitrogens with zero attached hydrogens (tertiary/aromatic N) is 1. The standard InChI is InChI=1S/C19H27FN4O3S/c20-16-3-1-2-4-18(16)28(26,27)24-9-7-13(8-10-24)19(25)22-15-5-6-17-14(11-15)12-21-23-17/h1-4,13-15,17,21,23H,5-12H2,(H,22,25). The number of fused-ring (bicyclic) bond motifs is 1. The van der Waals surface area contributed by atoms with Gasteiger partial charge in [-0.15, -0.1) is 0 Å². The molecule has 4 rings (SSSR count). The molecule has 9 heteroatoms. The lowest BCUT2D eigenvalue weighted by molar-refractivity contribution is -0.127. The number of nitrogens with one attached hydrogen (secondary N) is 3. The van der Waals surface area contributed by atoms with E-state index in [0.29, 0.717) is 24.8 Å². The minimum atomic E-state index is -3.87. The predicted octanol–water partition coefficient (Wildman–Crippen LogP) is 0.988. The van der Waals surface area contributed by atoms with Gasteiger partial charge in [-0.25, -0.2) is 12.8 Å². The number of hydrogen-bond donors (Lipinski definition) is 3. The van der Waals surface area contributed by atoms with Crippen LogP contribution in [0, 0.1) is 17.7 Å². The van der Waals surface area contributed by atoms with Crippen LogP contribution in [0.1, 0.15) is 32.1 Å². The molecule has 0 radical (unpaired) electrons. The van der Waals surface area contributed by atoms with Crippen molar-refractivity contribution in [1.82, 2.24) is 20.5 Å². The summed E-state index contributed by atoms with van der Waals surface area (Å²) < 4.78 is 40.6. The van der Waals surface area contributed by atoms with Crippen molar-refractivity contribution in [2.24, 2.45) is 11.8 Å². The maximum atomic E-state index is 13.9. The number of benzene rings is 1. The van der Waals surface area contributed by atoms with E-state index in [9.17, 15) is 17.6 Å². The van der Waals surface area contributed by atoms with Crippen LogP contribution < -0.4 is 16.2 Å². The van der Waals surface area contributed by atoms with Crippen molar-refractivity contribution in [2.45, 2.75) is 49.1 Å². The van der Waals surface area contributed by atoms with Gasteiger partial charge in [0.05, 0.1) is 0 Å². The van der Waals surface area contributed by atoms with Crippen LogP contribution in [0.25, 0.3) is 0 Å². The predicted molar refractivity (Wildman–Crippen MR) is 102 cm³/mol. The van der Waals surface area contributed by atoms with Gasteiger partial charge in [0.1, 0.15) is 10.7 Å². The summed E-state index contributed by atoms with van der Waals surface area (Å²) in [5.41, 5.74) is 6.47. The van der Waals surface area contributed by atoms with Gasteiger partial charge in [-0.2, -0.15) is 4.31 Å². The molecule has 1 aromatic rings. The van der Waals surface area contributed by atoms with Crippen LogP contribution in [-0.2, 0) is 14.8 Å². The fourth-order valence-electron chi connectivity index (χ4n) is 4.60. The van der Waals surface area contributed by atoms with Crippen molar-refractivity contribution in [1.29, 1.82) is 0 Å². The Kier molecular flexibility index (Phi) is 5.69. The van der Waals surface area contributed by atoms with Crippen LogP contribution in [0.2, 0.25) is 0 Å². The van der Waals surface area contributed by atoms with Crippen LogP contribution in [0.4, 0.5) is 4.39 Å². The zero-order valence-corrected chi connectivity index (χ0v) is 16.6. The summed E-state index contributed by atoms with van der Waals surface area (Å²) in [6.07, 6.45) is 3.89. The van der Waals surface area contributed by atoms with Crippen LogP contribution in [-0.4, -0.2) is 50.3 Å². The molecule has 28 heavy (non-hydrogen) atoms. The highest BCUT2D eigenvalue weighted by atomic mass is 32.2. The quantitative estimate of drug-likeness (QED) is 0.689. The van der Waals surface area contributed by atoms with Gasteiger partial charge < -0.3 is 5.32 Å². The van der Waals surface area contributed by atoms with Crippen LogP contribution >= 0.6 is 0 Å². The molecule has 0 bridgehead atoms. The third-order valence-corrected chi connectivity index (χ3v) is 8.19. The minimum Gasteiger partial charge on any atom is -0.353 e. The third-order valence-electron chi connectivity index (χ3n) is 6.26. The molecule has 7 nitrogen and oxygen atoms in total. The smallest absolute Gasteiger partial charge is 0.245 e. The molecule has 1 aromatic carbocycles. The molecule has 0 spiro atoms. The molecule has 3 atom stereocenters. The third kappa shape index (κ3) is 3.94. The maximum Gasteiger partial charge on any atom is 0.245 e. The van der Waals surface area contributed by atoms with Crippen LogP contribution in [0.15, 0.2) is 29.2 Å².